The van der Waals surface area contributed by atoms with Crippen LogP contribution < -0.4 is 5.73 Å². The van der Waals surface area contributed by atoms with Crippen molar-refractivity contribution < 1.29 is 0 Å². The minimum Gasteiger partial charge on any atom is -0.329 e. The van der Waals surface area contributed by atoms with Crippen molar-refractivity contribution in [3.05, 3.63) is 30.1 Å². The predicted octanol–water partition coefficient (Wildman–Crippen LogP) is 1.91. The van der Waals surface area contributed by atoms with Crippen LogP contribution in [-0.4, -0.2) is 40.0 Å². The van der Waals surface area contributed by atoms with Crippen LogP contribution in [0, 0.1) is 0 Å². The van der Waals surface area contributed by atoms with Gasteiger partial charge in [-0.2, -0.15) is 11.8 Å². The fraction of sp³-hybridized carbons (Fsp3) is 0.615. The number of hydrogen-bond donors (Lipinski definition) is 1. The van der Waals surface area contributed by atoms with Crippen LogP contribution in [0.15, 0.2) is 24.4 Å². The molecule has 4 heteroatoms. The number of aromatic nitrogens is 1. The van der Waals surface area contributed by atoms with Crippen molar-refractivity contribution >= 4 is 11.8 Å². The maximum atomic E-state index is 5.94. The highest BCUT2D eigenvalue weighted by Gasteiger charge is 2.31. The quantitative estimate of drug-likeness (QED) is 0.891. The van der Waals surface area contributed by atoms with Crippen molar-refractivity contribution in [1.29, 1.82) is 0 Å². The Labute approximate surface area is 108 Å². The van der Waals surface area contributed by atoms with Crippen LogP contribution in [0.4, 0.5) is 0 Å². The molecule has 2 heterocycles. The van der Waals surface area contributed by atoms with Crippen LogP contribution in [0.5, 0.6) is 0 Å². The molecule has 17 heavy (non-hydrogen) atoms. The van der Waals surface area contributed by atoms with E-state index in [0.717, 1.165) is 18.8 Å². The smallest absolute Gasteiger partial charge is 0.0645 e. The number of thioether (sulfide) groups is 1. The van der Waals surface area contributed by atoms with Crippen LogP contribution in [0.3, 0.4) is 0 Å². The van der Waals surface area contributed by atoms with Crippen molar-refractivity contribution in [3.63, 3.8) is 0 Å². The minimum absolute atomic E-state index is 0.261. The molecule has 1 atom stereocenters. The molecule has 0 aliphatic carbocycles. The summed E-state index contributed by atoms with van der Waals surface area (Å²) in [6.07, 6.45) is 1.85. The number of pyridine rings is 1. The summed E-state index contributed by atoms with van der Waals surface area (Å²) in [7, 11) is 0. The molecule has 2 rings (SSSR count). The molecule has 1 fully saturated rings. The van der Waals surface area contributed by atoms with Gasteiger partial charge in [0.25, 0.3) is 0 Å². The van der Waals surface area contributed by atoms with Crippen LogP contribution in [0.2, 0.25) is 0 Å². The van der Waals surface area contributed by atoms with E-state index in [1.165, 1.54) is 5.75 Å². The zero-order valence-corrected chi connectivity index (χ0v) is 11.4. The van der Waals surface area contributed by atoms with Gasteiger partial charge in [0, 0.05) is 36.3 Å². The molecule has 0 amide bonds. The largest absolute Gasteiger partial charge is 0.329 e. The molecule has 2 N–H and O–H groups in total. The summed E-state index contributed by atoms with van der Waals surface area (Å²) in [4.78, 5) is 6.92. The molecule has 1 aliphatic rings. The zero-order chi connectivity index (χ0) is 12.3. The number of nitrogens with zero attached hydrogens (tertiary/aromatic N) is 2. The third kappa shape index (κ3) is 3.21. The van der Waals surface area contributed by atoms with Crippen LogP contribution in [0.1, 0.15) is 25.6 Å². The molecule has 1 aromatic heterocycles. The van der Waals surface area contributed by atoms with Gasteiger partial charge in [-0.15, -0.1) is 0 Å². The third-order valence-corrected chi connectivity index (χ3v) is 4.45. The second-order valence-electron chi connectivity index (χ2n) is 5.08. The summed E-state index contributed by atoms with van der Waals surface area (Å²) in [5.74, 6) is 1.18. The van der Waals surface area contributed by atoms with E-state index < -0.39 is 0 Å². The van der Waals surface area contributed by atoms with Crippen LogP contribution in [-0.2, 0) is 0 Å². The third-order valence-electron chi connectivity index (χ3n) is 3.15. The maximum absolute atomic E-state index is 5.94. The summed E-state index contributed by atoms with van der Waals surface area (Å²) in [6.45, 7) is 7.42. The number of nitrogens with two attached hydrogens (primary N) is 1. The Hall–Kier alpha value is -0.580. The standard InChI is InChI=1S/C13H21N3S/c1-13(2)10-16(7-8-17-13)12(9-14)11-5-3-4-6-15-11/h3-6,12H,7-10,14H2,1-2H3. The highest BCUT2D eigenvalue weighted by Crippen LogP contribution is 2.33. The molecular weight excluding hydrogens is 230 g/mol. The van der Waals surface area contributed by atoms with E-state index in [2.05, 4.69) is 29.8 Å². The van der Waals surface area contributed by atoms with Gasteiger partial charge in [-0.25, -0.2) is 0 Å². The van der Waals surface area contributed by atoms with Gasteiger partial charge < -0.3 is 5.73 Å². The van der Waals surface area contributed by atoms with Gasteiger partial charge in [-0.3, -0.25) is 9.88 Å². The normalized spacial score (nSPS) is 22.3. The number of hydrogen-bond acceptors (Lipinski definition) is 4. The first-order valence-electron chi connectivity index (χ1n) is 6.11. The fourth-order valence-corrected chi connectivity index (χ4v) is 3.48. The Balaban J connectivity index is 2.13. The highest BCUT2D eigenvalue weighted by molar-refractivity contribution is 8.00. The lowest BCUT2D eigenvalue weighted by molar-refractivity contribution is 0.189. The summed E-state index contributed by atoms with van der Waals surface area (Å²) < 4.78 is 0.320. The minimum atomic E-state index is 0.261. The molecular formula is C13H21N3S. The van der Waals surface area contributed by atoms with E-state index in [4.69, 9.17) is 5.73 Å². The average Bonchev–Trinajstić information content (AvgIpc) is 2.30. The summed E-state index contributed by atoms with van der Waals surface area (Å²) in [5, 5.41) is 0. The molecule has 1 aliphatic heterocycles. The molecule has 0 saturated carbocycles. The Morgan fingerprint density at radius 1 is 1.53 bits per heavy atom. The molecule has 94 valence electrons. The van der Waals surface area contributed by atoms with Gasteiger partial charge in [-0.05, 0) is 26.0 Å². The van der Waals surface area contributed by atoms with Crippen molar-refractivity contribution in [1.82, 2.24) is 9.88 Å². The van der Waals surface area contributed by atoms with Crippen molar-refractivity contribution in [2.24, 2.45) is 5.73 Å². The molecule has 1 saturated heterocycles. The maximum Gasteiger partial charge on any atom is 0.0645 e. The fourth-order valence-electron chi connectivity index (χ4n) is 2.35. The monoisotopic (exact) mass is 251 g/mol. The van der Waals surface area contributed by atoms with Crippen molar-refractivity contribution in [2.75, 3.05) is 25.4 Å². The molecule has 0 radical (unpaired) electrons. The van der Waals surface area contributed by atoms with E-state index in [9.17, 15) is 0 Å². The van der Waals surface area contributed by atoms with E-state index in [-0.39, 0.29) is 6.04 Å². The lowest BCUT2D eigenvalue weighted by atomic mass is 10.1. The first kappa shape index (κ1) is 12.9. The highest BCUT2D eigenvalue weighted by atomic mass is 32.2. The van der Waals surface area contributed by atoms with Crippen molar-refractivity contribution in [3.8, 4) is 0 Å². The lowest BCUT2D eigenvalue weighted by Gasteiger charge is -2.41. The van der Waals surface area contributed by atoms with Crippen LogP contribution >= 0.6 is 11.8 Å². The summed E-state index contributed by atoms with van der Waals surface area (Å²) in [5.41, 5.74) is 7.03. The first-order valence-corrected chi connectivity index (χ1v) is 7.10. The molecule has 1 unspecified atom stereocenters. The van der Waals surface area contributed by atoms with Crippen molar-refractivity contribution in [2.45, 2.75) is 24.6 Å². The molecule has 0 spiro atoms. The Morgan fingerprint density at radius 2 is 2.35 bits per heavy atom. The van der Waals surface area contributed by atoms with Gasteiger partial charge >= 0.3 is 0 Å². The SMILES string of the molecule is CC1(C)CN(C(CN)c2ccccn2)CCS1. The molecule has 0 aromatic carbocycles. The van der Waals surface area contributed by atoms with Gasteiger partial charge in [-0.1, -0.05) is 6.07 Å². The number of rotatable bonds is 3. The van der Waals surface area contributed by atoms with Gasteiger partial charge in [0.15, 0.2) is 0 Å². The van der Waals surface area contributed by atoms with E-state index in [0.29, 0.717) is 11.3 Å². The summed E-state index contributed by atoms with van der Waals surface area (Å²) >= 11 is 2.04. The molecule has 0 bridgehead atoms. The Kier molecular flexibility index (Phi) is 4.07. The Bertz CT molecular complexity index is 353. The second kappa shape index (κ2) is 5.38. The Morgan fingerprint density at radius 3 is 2.94 bits per heavy atom. The predicted molar refractivity (Wildman–Crippen MR) is 74.1 cm³/mol. The van der Waals surface area contributed by atoms with E-state index in [1.54, 1.807) is 0 Å². The first-order chi connectivity index (χ1) is 8.12. The lowest BCUT2D eigenvalue weighted by Crippen LogP contribution is -2.46. The molecule has 3 nitrogen and oxygen atoms in total. The second-order valence-corrected chi connectivity index (χ2v) is 6.89. The van der Waals surface area contributed by atoms with Gasteiger partial charge in [0.2, 0.25) is 0 Å². The van der Waals surface area contributed by atoms with Gasteiger partial charge in [0.05, 0.1) is 11.7 Å². The topological polar surface area (TPSA) is 42.1 Å². The van der Waals surface area contributed by atoms with Crippen LogP contribution in [0.25, 0.3) is 0 Å². The average molecular weight is 251 g/mol. The zero-order valence-electron chi connectivity index (χ0n) is 10.6. The van der Waals surface area contributed by atoms with E-state index in [1.807, 2.05) is 30.1 Å². The molecule has 1 aromatic rings. The van der Waals surface area contributed by atoms with E-state index >= 15 is 0 Å². The summed E-state index contributed by atoms with van der Waals surface area (Å²) in [6, 6.07) is 6.32. The van der Waals surface area contributed by atoms with Gasteiger partial charge in [0.1, 0.15) is 0 Å².